The molecule has 4 nitrogen and oxygen atoms in total. The van der Waals surface area contributed by atoms with Crippen molar-refractivity contribution in [1.82, 2.24) is 0 Å². The molecule has 1 aliphatic rings. The van der Waals surface area contributed by atoms with Gasteiger partial charge < -0.3 is 15.7 Å². The number of anilines is 2. The Morgan fingerprint density at radius 3 is 2.64 bits per heavy atom. The van der Waals surface area contributed by atoms with Gasteiger partial charge in [-0.1, -0.05) is 31.2 Å². The van der Waals surface area contributed by atoms with Crippen LogP contribution in [0.3, 0.4) is 0 Å². The van der Waals surface area contributed by atoms with E-state index in [4.69, 9.17) is 5.73 Å². The zero-order valence-electron chi connectivity index (χ0n) is 12.6. The quantitative estimate of drug-likeness (QED) is 0.853. The van der Waals surface area contributed by atoms with Crippen LogP contribution in [0.4, 0.5) is 11.4 Å². The van der Waals surface area contributed by atoms with Gasteiger partial charge in [0.25, 0.3) is 0 Å². The van der Waals surface area contributed by atoms with Gasteiger partial charge in [0, 0.05) is 11.4 Å². The average molecular weight is 296 g/mol. The third-order valence-electron chi connectivity index (χ3n) is 4.13. The summed E-state index contributed by atoms with van der Waals surface area (Å²) in [7, 11) is 0. The summed E-state index contributed by atoms with van der Waals surface area (Å²) in [6.07, 6.45) is 0.600. The Labute approximate surface area is 130 Å². The van der Waals surface area contributed by atoms with Crippen molar-refractivity contribution in [3.8, 4) is 0 Å². The van der Waals surface area contributed by atoms with E-state index in [0.29, 0.717) is 19.4 Å². The molecule has 0 aromatic heterocycles. The van der Waals surface area contributed by atoms with Gasteiger partial charge in [0.1, 0.15) is 0 Å². The minimum Gasteiger partial charge on any atom is -0.399 e. The van der Waals surface area contributed by atoms with E-state index in [9.17, 15) is 9.90 Å². The largest absolute Gasteiger partial charge is 0.399 e. The monoisotopic (exact) mass is 296 g/mol. The van der Waals surface area contributed by atoms with Gasteiger partial charge in [0.15, 0.2) is 0 Å². The highest BCUT2D eigenvalue weighted by Crippen LogP contribution is 2.33. The van der Waals surface area contributed by atoms with Crippen LogP contribution in [0.2, 0.25) is 0 Å². The molecule has 0 aliphatic carbocycles. The van der Waals surface area contributed by atoms with Gasteiger partial charge in [0.2, 0.25) is 5.91 Å². The van der Waals surface area contributed by atoms with Gasteiger partial charge in [-0.25, -0.2) is 0 Å². The number of aliphatic hydroxyl groups is 1. The van der Waals surface area contributed by atoms with Crippen LogP contribution in [0, 0.1) is 0 Å². The van der Waals surface area contributed by atoms with Gasteiger partial charge >= 0.3 is 0 Å². The lowest BCUT2D eigenvalue weighted by Crippen LogP contribution is -2.25. The lowest BCUT2D eigenvalue weighted by atomic mass is 10.0. The van der Waals surface area contributed by atoms with Crippen molar-refractivity contribution in [2.24, 2.45) is 0 Å². The number of fused-ring (bicyclic) bond motifs is 1. The first-order valence-electron chi connectivity index (χ1n) is 7.54. The van der Waals surface area contributed by atoms with E-state index in [0.717, 1.165) is 28.1 Å². The molecule has 22 heavy (non-hydrogen) atoms. The molecule has 0 bridgehead atoms. The lowest BCUT2D eigenvalue weighted by molar-refractivity contribution is -0.117. The predicted octanol–water partition coefficient (Wildman–Crippen LogP) is 2.80. The normalized spacial score (nSPS) is 15.0. The lowest BCUT2D eigenvalue weighted by Gasteiger charge is -2.18. The van der Waals surface area contributed by atoms with E-state index < -0.39 is 6.10 Å². The van der Waals surface area contributed by atoms with Gasteiger partial charge in [-0.05, 0) is 41.3 Å². The summed E-state index contributed by atoms with van der Waals surface area (Å²) in [5.41, 5.74) is 10.3. The molecule has 1 amide bonds. The smallest absolute Gasteiger partial charge is 0.231 e. The molecular weight excluding hydrogens is 276 g/mol. The fourth-order valence-electron chi connectivity index (χ4n) is 2.82. The Morgan fingerprint density at radius 1 is 1.23 bits per heavy atom. The van der Waals surface area contributed by atoms with Crippen LogP contribution in [-0.2, 0) is 17.8 Å². The van der Waals surface area contributed by atoms with Gasteiger partial charge in [-0.15, -0.1) is 0 Å². The molecule has 0 fully saturated rings. The Hall–Kier alpha value is -2.33. The van der Waals surface area contributed by atoms with Crippen LogP contribution in [0.5, 0.6) is 0 Å². The van der Waals surface area contributed by atoms with E-state index in [1.807, 2.05) is 49.4 Å². The van der Waals surface area contributed by atoms with Crippen LogP contribution in [0.1, 0.15) is 36.1 Å². The van der Waals surface area contributed by atoms with E-state index >= 15 is 0 Å². The summed E-state index contributed by atoms with van der Waals surface area (Å²) in [6, 6.07) is 13.4. The summed E-state index contributed by atoms with van der Waals surface area (Å²) in [6.45, 7) is 2.48. The fraction of sp³-hybridized carbons (Fsp3) is 0.278. The molecule has 0 spiro atoms. The molecule has 3 N–H and O–H groups in total. The Kier molecular flexibility index (Phi) is 3.86. The van der Waals surface area contributed by atoms with Crippen molar-refractivity contribution in [2.75, 3.05) is 10.6 Å². The second kappa shape index (κ2) is 5.81. The van der Waals surface area contributed by atoms with E-state index in [1.54, 1.807) is 4.90 Å². The van der Waals surface area contributed by atoms with E-state index in [-0.39, 0.29) is 5.91 Å². The first-order chi connectivity index (χ1) is 10.6. The maximum absolute atomic E-state index is 12.3. The molecule has 3 rings (SSSR count). The van der Waals surface area contributed by atoms with Crippen molar-refractivity contribution in [3.63, 3.8) is 0 Å². The maximum atomic E-state index is 12.3. The summed E-state index contributed by atoms with van der Waals surface area (Å²) >= 11 is 0. The third-order valence-corrected chi connectivity index (χ3v) is 4.13. The molecule has 4 heteroatoms. The summed E-state index contributed by atoms with van der Waals surface area (Å²) in [4.78, 5) is 14.1. The highest BCUT2D eigenvalue weighted by Gasteiger charge is 2.27. The number of hydrogen-bond donors (Lipinski definition) is 2. The molecule has 1 unspecified atom stereocenters. The Balaban J connectivity index is 1.86. The van der Waals surface area contributed by atoms with Crippen LogP contribution < -0.4 is 10.6 Å². The third kappa shape index (κ3) is 2.70. The summed E-state index contributed by atoms with van der Waals surface area (Å²) in [5.74, 6) is 0.0926. The molecule has 0 saturated carbocycles. The molecular formula is C18H20N2O2. The van der Waals surface area contributed by atoms with E-state index in [2.05, 4.69) is 0 Å². The number of carbonyl (C=O) groups is 1. The fourth-order valence-corrected chi connectivity index (χ4v) is 2.82. The molecule has 1 heterocycles. The molecule has 1 atom stereocenters. The second-order valence-electron chi connectivity index (χ2n) is 5.71. The van der Waals surface area contributed by atoms with E-state index in [1.165, 1.54) is 0 Å². The minimum atomic E-state index is -0.466. The number of aliphatic hydroxyl groups excluding tert-OH is 1. The van der Waals surface area contributed by atoms with Gasteiger partial charge in [0.05, 0.1) is 19.1 Å². The number of hydrogen-bond acceptors (Lipinski definition) is 3. The zero-order chi connectivity index (χ0) is 15.7. The van der Waals surface area contributed by atoms with Crippen LogP contribution >= 0.6 is 0 Å². The molecule has 1 aliphatic heterocycles. The zero-order valence-corrected chi connectivity index (χ0v) is 12.6. The summed E-state index contributed by atoms with van der Waals surface area (Å²) < 4.78 is 0. The maximum Gasteiger partial charge on any atom is 0.231 e. The first-order valence-corrected chi connectivity index (χ1v) is 7.54. The van der Waals surface area contributed by atoms with Crippen LogP contribution in [0.15, 0.2) is 42.5 Å². The molecule has 0 saturated heterocycles. The van der Waals surface area contributed by atoms with Crippen molar-refractivity contribution in [3.05, 3.63) is 59.2 Å². The standard InChI is InChI=1S/C18H20N2O2/c1-2-17(21)13-5-8-16-14(9-13)10-18(22)20(16)11-12-3-6-15(19)7-4-12/h3-9,17,21H,2,10-11,19H2,1H3. The van der Waals surface area contributed by atoms with Gasteiger partial charge in [-0.3, -0.25) is 4.79 Å². The van der Waals surface area contributed by atoms with Crippen molar-refractivity contribution in [2.45, 2.75) is 32.4 Å². The van der Waals surface area contributed by atoms with Crippen LogP contribution in [0.25, 0.3) is 0 Å². The average Bonchev–Trinajstić information content (AvgIpc) is 2.83. The molecule has 2 aromatic rings. The SMILES string of the molecule is CCC(O)c1ccc2c(c1)CC(=O)N2Cc1ccc(N)cc1. The predicted molar refractivity (Wildman–Crippen MR) is 87.4 cm³/mol. The highest BCUT2D eigenvalue weighted by molar-refractivity contribution is 6.01. The van der Waals surface area contributed by atoms with Crippen molar-refractivity contribution >= 4 is 17.3 Å². The minimum absolute atomic E-state index is 0.0926. The molecule has 0 radical (unpaired) electrons. The topological polar surface area (TPSA) is 66.6 Å². The van der Waals surface area contributed by atoms with Crippen molar-refractivity contribution < 1.29 is 9.90 Å². The molecule has 2 aromatic carbocycles. The second-order valence-corrected chi connectivity index (χ2v) is 5.71. The first kappa shape index (κ1) is 14.6. The number of nitrogen functional groups attached to an aromatic ring is 1. The number of benzene rings is 2. The van der Waals surface area contributed by atoms with Gasteiger partial charge in [-0.2, -0.15) is 0 Å². The van der Waals surface area contributed by atoms with Crippen LogP contribution in [-0.4, -0.2) is 11.0 Å². The summed E-state index contributed by atoms with van der Waals surface area (Å²) in [5, 5.41) is 9.94. The molecule has 114 valence electrons. The van der Waals surface area contributed by atoms with Crippen molar-refractivity contribution in [1.29, 1.82) is 0 Å². The number of nitrogens with two attached hydrogens (primary N) is 1. The Morgan fingerprint density at radius 2 is 1.95 bits per heavy atom. The number of amides is 1. The number of carbonyl (C=O) groups excluding carboxylic acids is 1. The number of nitrogens with zero attached hydrogens (tertiary/aromatic N) is 1. The Bertz CT molecular complexity index is 695. The number of rotatable bonds is 4. The highest BCUT2D eigenvalue weighted by atomic mass is 16.3.